The molecule has 0 fully saturated rings. The minimum atomic E-state index is -1.38. The molecule has 7 nitrogen and oxygen atoms in total. The van der Waals surface area contributed by atoms with Crippen LogP contribution in [0.2, 0.25) is 5.02 Å². The lowest BCUT2D eigenvalue weighted by Gasteiger charge is -2.29. The van der Waals surface area contributed by atoms with Gasteiger partial charge in [-0.25, -0.2) is 9.18 Å². The van der Waals surface area contributed by atoms with Gasteiger partial charge in [0.05, 0.1) is 30.4 Å². The first-order valence-corrected chi connectivity index (χ1v) is 12.0. The fourth-order valence-corrected chi connectivity index (χ4v) is 5.00. The Bertz CT molecular complexity index is 1340. The molecule has 2 aromatic carbocycles. The number of nitrogens with zero attached hydrogens (tertiary/aromatic N) is 4. The topological polar surface area (TPSA) is 67.6 Å². The lowest BCUT2D eigenvalue weighted by molar-refractivity contribution is 0.0676. The van der Waals surface area contributed by atoms with Crippen LogP contribution in [0.4, 0.5) is 4.39 Å². The molecule has 5 rings (SSSR count). The van der Waals surface area contributed by atoms with E-state index in [4.69, 9.17) is 11.6 Å². The van der Waals surface area contributed by atoms with Crippen molar-refractivity contribution < 1.29 is 14.0 Å². The van der Waals surface area contributed by atoms with Crippen molar-refractivity contribution in [3.63, 3.8) is 0 Å². The molecule has 3 aromatic rings. The Morgan fingerprint density at radius 3 is 2.56 bits per heavy atom. The highest BCUT2D eigenvalue weighted by Gasteiger charge is 2.37. The van der Waals surface area contributed by atoms with Gasteiger partial charge in [0.1, 0.15) is 11.9 Å². The zero-order valence-electron chi connectivity index (χ0n) is 18.1. The molecule has 1 aromatic heterocycles. The molecule has 176 valence electrons. The Labute approximate surface area is 208 Å². The normalized spacial score (nSPS) is 17.9. The highest BCUT2D eigenvalue weighted by molar-refractivity contribution is 9.10. The molecular weight excluding hydrogens is 527 g/mol. The average molecular weight is 548 g/mol. The van der Waals surface area contributed by atoms with E-state index in [9.17, 15) is 18.8 Å². The Hall–Kier alpha value is -2.91. The van der Waals surface area contributed by atoms with Crippen LogP contribution in [0.25, 0.3) is 0 Å². The van der Waals surface area contributed by atoms with Gasteiger partial charge in [-0.05, 0) is 39.7 Å². The van der Waals surface area contributed by atoms with Crippen LogP contribution < -0.4 is 5.69 Å². The molecule has 0 saturated carbocycles. The molecule has 34 heavy (non-hydrogen) atoms. The molecule has 0 N–H and O–H groups in total. The third kappa shape index (κ3) is 4.07. The van der Waals surface area contributed by atoms with Crippen molar-refractivity contribution in [3.05, 3.63) is 91.0 Å². The van der Waals surface area contributed by atoms with E-state index in [1.165, 1.54) is 14.0 Å². The van der Waals surface area contributed by atoms with Crippen LogP contribution in [0.5, 0.6) is 0 Å². The summed E-state index contributed by atoms with van der Waals surface area (Å²) < 4.78 is 18.3. The number of rotatable bonds is 3. The molecule has 0 unspecified atom stereocenters. The number of hydrogen-bond donors (Lipinski definition) is 0. The van der Waals surface area contributed by atoms with Crippen LogP contribution in [0, 0.1) is 0 Å². The number of carbonyl (C=O) groups excluding carboxylic acids is 2. The Morgan fingerprint density at radius 1 is 1.06 bits per heavy atom. The summed E-state index contributed by atoms with van der Waals surface area (Å²) >= 11 is 9.47. The summed E-state index contributed by atoms with van der Waals surface area (Å²) in [6.07, 6.45) is -1.38. The first kappa shape index (κ1) is 22.9. The van der Waals surface area contributed by atoms with E-state index in [0.29, 0.717) is 27.3 Å². The molecule has 0 bridgehead atoms. The molecule has 2 amide bonds. The smallest absolute Gasteiger partial charge is 0.329 e. The van der Waals surface area contributed by atoms with Crippen LogP contribution in [-0.4, -0.2) is 50.0 Å². The monoisotopic (exact) mass is 546 g/mol. The first-order valence-electron chi connectivity index (χ1n) is 10.9. The van der Waals surface area contributed by atoms with Gasteiger partial charge in [-0.15, -0.1) is 0 Å². The summed E-state index contributed by atoms with van der Waals surface area (Å²) in [5.41, 5.74) is 1.46. The van der Waals surface area contributed by atoms with E-state index in [0.717, 1.165) is 5.56 Å². The highest BCUT2D eigenvalue weighted by Crippen LogP contribution is 2.26. The van der Waals surface area contributed by atoms with Gasteiger partial charge < -0.3 is 9.80 Å². The van der Waals surface area contributed by atoms with Gasteiger partial charge in [0.25, 0.3) is 11.8 Å². The number of imidazole rings is 1. The van der Waals surface area contributed by atoms with Gasteiger partial charge >= 0.3 is 5.69 Å². The van der Waals surface area contributed by atoms with E-state index in [1.807, 2.05) is 30.3 Å². The molecule has 0 spiro atoms. The van der Waals surface area contributed by atoms with Crippen LogP contribution in [-0.2, 0) is 26.2 Å². The maximum Gasteiger partial charge on any atom is 0.329 e. The summed E-state index contributed by atoms with van der Waals surface area (Å²) in [6, 6.07) is 14.3. The third-order valence-corrected chi connectivity index (χ3v) is 7.46. The third-order valence-electron chi connectivity index (χ3n) is 6.22. The molecule has 1 atom stereocenters. The summed E-state index contributed by atoms with van der Waals surface area (Å²) in [5, 5.41) is 0.415. The predicted molar refractivity (Wildman–Crippen MR) is 129 cm³/mol. The average Bonchev–Trinajstić information content (AvgIpc) is 3.03. The summed E-state index contributed by atoms with van der Waals surface area (Å²) in [4.78, 5) is 42.8. The van der Waals surface area contributed by atoms with Gasteiger partial charge in [0.2, 0.25) is 0 Å². The molecular formula is C24H21BrClFN4O3. The van der Waals surface area contributed by atoms with Crippen molar-refractivity contribution in [1.29, 1.82) is 0 Å². The minimum absolute atomic E-state index is 0.0754. The molecule has 3 heterocycles. The number of fused-ring (bicyclic) bond motifs is 3. The fourth-order valence-electron chi connectivity index (χ4n) is 4.57. The quantitative estimate of drug-likeness (QED) is 0.502. The number of aromatic nitrogens is 2. The molecule has 10 heteroatoms. The van der Waals surface area contributed by atoms with E-state index >= 15 is 0 Å². The van der Waals surface area contributed by atoms with E-state index in [1.54, 1.807) is 23.1 Å². The zero-order chi connectivity index (χ0) is 24.0. The number of benzene rings is 2. The van der Waals surface area contributed by atoms with E-state index in [-0.39, 0.29) is 44.3 Å². The maximum absolute atomic E-state index is 14.8. The fraction of sp³-hybridized carbons (Fsp3) is 0.292. The van der Waals surface area contributed by atoms with Gasteiger partial charge in [-0.2, -0.15) is 0 Å². The predicted octanol–water partition coefficient (Wildman–Crippen LogP) is 3.72. The second-order valence-electron chi connectivity index (χ2n) is 8.46. The molecule has 0 aliphatic carbocycles. The number of hydrogen-bond acceptors (Lipinski definition) is 3. The minimum Gasteiger partial charge on any atom is -0.331 e. The van der Waals surface area contributed by atoms with Crippen LogP contribution >= 0.6 is 27.5 Å². The molecule has 0 saturated heterocycles. The van der Waals surface area contributed by atoms with Gasteiger partial charge in [-0.3, -0.25) is 18.7 Å². The van der Waals surface area contributed by atoms with Crippen molar-refractivity contribution in [1.82, 2.24) is 18.9 Å². The summed E-state index contributed by atoms with van der Waals surface area (Å²) in [5.74, 6) is -0.658. The number of halogens is 3. The standard InChI is InChI=1S/C24H21BrClFN4O3/c25-18-7-6-16(10-19(18)26)22(32)28-8-9-30-20(14-28)21-23(33)29(11-15-4-2-1-3-5-15)12-17(27)13-31(21)24(30)34/h1-7,10,17H,8-9,11-14H2/t17-/m0/s1. The Balaban J connectivity index is 1.49. The van der Waals surface area contributed by atoms with Crippen LogP contribution in [0.1, 0.15) is 32.1 Å². The van der Waals surface area contributed by atoms with Crippen molar-refractivity contribution in [3.8, 4) is 0 Å². The van der Waals surface area contributed by atoms with E-state index < -0.39 is 17.8 Å². The lowest BCUT2D eigenvalue weighted by atomic mass is 10.1. The molecule has 0 radical (unpaired) electrons. The van der Waals surface area contributed by atoms with Crippen LogP contribution in [0.3, 0.4) is 0 Å². The number of carbonyl (C=O) groups is 2. The SMILES string of the molecule is O=C(c1ccc(Br)c(Cl)c1)N1CCn2c(c3n(c2=O)C[C@@H](F)CN(Cc2ccccc2)C3=O)C1. The lowest BCUT2D eigenvalue weighted by Crippen LogP contribution is -2.42. The Morgan fingerprint density at radius 2 is 1.82 bits per heavy atom. The number of amides is 2. The first-order chi connectivity index (χ1) is 16.3. The van der Waals surface area contributed by atoms with Gasteiger partial charge in [-0.1, -0.05) is 41.9 Å². The largest absolute Gasteiger partial charge is 0.331 e. The van der Waals surface area contributed by atoms with Crippen molar-refractivity contribution >= 4 is 39.3 Å². The van der Waals surface area contributed by atoms with Gasteiger partial charge in [0.15, 0.2) is 0 Å². The van der Waals surface area contributed by atoms with Crippen molar-refractivity contribution in [2.24, 2.45) is 0 Å². The van der Waals surface area contributed by atoms with Gasteiger partial charge in [0, 0.05) is 29.7 Å². The molecule has 2 aliphatic rings. The highest BCUT2D eigenvalue weighted by atomic mass is 79.9. The van der Waals surface area contributed by atoms with Crippen molar-refractivity contribution in [2.75, 3.05) is 13.1 Å². The number of alkyl halides is 1. The Kier molecular flexibility index (Phi) is 6.07. The summed E-state index contributed by atoms with van der Waals surface area (Å²) in [7, 11) is 0. The summed E-state index contributed by atoms with van der Waals surface area (Å²) in [6.45, 7) is 0.539. The zero-order valence-corrected chi connectivity index (χ0v) is 20.4. The second kappa shape index (κ2) is 9.03. The van der Waals surface area contributed by atoms with Crippen molar-refractivity contribution in [2.45, 2.75) is 32.4 Å². The second-order valence-corrected chi connectivity index (χ2v) is 9.73. The van der Waals surface area contributed by atoms with Crippen LogP contribution in [0.15, 0.2) is 57.8 Å². The molecule has 2 aliphatic heterocycles. The maximum atomic E-state index is 14.8. The van der Waals surface area contributed by atoms with E-state index in [2.05, 4.69) is 15.9 Å².